The third kappa shape index (κ3) is 1.82. The highest BCUT2D eigenvalue weighted by Crippen LogP contribution is 2.36. The van der Waals surface area contributed by atoms with E-state index in [2.05, 4.69) is 12.1 Å². The standard InChI is InChI=1S/C13H17NO/c1-13(11(14)7-8-12(13)15)9-10-5-3-2-4-6-10/h2-6,11H,7-9,14H2,1H3/t11-,13-/m1/s1. The zero-order valence-electron chi connectivity index (χ0n) is 9.07. The van der Waals surface area contributed by atoms with Crippen LogP contribution in [0.1, 0.15) is 25.3 Å². The molecule has 0 unspecified atom stereocenters. The molecule has 1 aliphatic carbocycles. The lowest BCUT2D eigenvalue weighted by Gasteiger charge is -2.27. The van der Waals surface area contributed by atoms with Gasteiger partial charge in [-0.05, 0) is 18.4 Å². The molecule has 0 saturated heterocycles. The molecule has 15 heavy (non-hydrogen) atoms. The highest BCUT2D eigenvalue weighted by molar-refractivity contribution is 5.87. The molecule has 0 radical (unpaired) electrons. The smallest absolute Gasteiger partial charge is 0.140 e. The fraction of sp³-hybridized carbons (Fsp3) is 0.462. The summed E-state index contributed by atoms with van der Waals surface area (Å²) in [4.78, 5) is 11.8. The molecule has 2 N–H and O–H groups in total. The zero-order valence-corrected chi connectivity index (χ0v) is 9.07. The van der Waals surface area contributed by atoms with Crippen LogP contribution in [0, 0.1) is 5.41 Å². The first-order valence-electron chi connectivity index (χ1n) is 5.46. The van der Waals surface area contributed by atoms with Gasteiger partial charge in [-0.3, -0.25) is 4.79 Å². The lowest BCUT2D eigenvalue weighted by molar-refractivity contribution is -0.125. The van der Waals surface area contributed by atoms with E-state index in [-0.39, 0.29) is 11.5 Å². The van der Waals surface area contributed by atoms with E-state index in [9.17, 15) is 4.79 Å². The van der Waals surface area contributed by atoms with Crippen molar-refractivity contribution in [2.45, 2.75) is 32.2 Å². The Morgan fingerprint density at radius 1 is 1.40 bits per heavy atom. The Morgan fingerprint density at radius 2 is 2.07 bits per heavy atom. The molecule has 1 aromatic rings. The Hall–Kier alpha value is -1.15. The maximum Gasteiger partial charge on any atom is 0.140 e. The van der Waals surface area contributed by atoms with Crippen LogP contribution in [0.3, 0.4) is 0 Å². The van der Waals surface area contributed by atoms with Crippen molar-refractivity contribution in [3.63, 3.8) is 0 Å². The van der Waals surface area contributed by atoms with Crippen molar-refractivity contribution in [3.8, 4) is 0 Å². The van der Waals surface area contributed by atoms with Gasteiger partial charge in [-0.15, -0.1) is 0 Å². The monoisotopic (exact) mass is 203 g/mol. The van der Waals surface area contributed by atoms with E-state index in [4.69, 9.17) is 5.73 Å². The number of hydrogen-bond acceptors (Lipinski definition) is 2. The van der Waals surface area contributed by atoms with E-state index in [0.717, 1.165) is 12.8 Å². The van der Waals surface area contributed by atoms with Crippen LogP contribution in [0.15, 0.2) is 30.3 Å². The molecule has 2 atom stereocenters. The average molecular weight is 203 g/mol. The second kappa shape index (κ2) is 3.78. The lowest BCUT2D eigenvalue weighted by Crippen LogP contribution is -2.40. The van der Waals surface area contributed by atoms with Gasteiger partial charge < -0.3 is 5.73 Å². The van der Waals surface area contributed by atoms with Crippen molar-refractivity contribution in [1.29, 1.82) is 0 Å². The van der Waals surface area contributed by atoms with Gasteiger partial charge in [-0.1, -0.05) is 37.3 Å². The lowest BCUT2D eigenvalue weighted by atomic mass is 9.78. The number of carbonyl (C=O) groups excluding carboxylic acids is 1. The Balaban J connectivity index is 2.21. The molecule has 1 saturated carbocycles. The summed E-state index contributed by atoms with van der Waals surface area (Å²) in [5.41, 5.74) is 6.88. The number of hydrogen-bond donors (Lipinski definition) is 1. The van der Waals surface area contributed by atoms with E-state index >= 15 is 0 Å². The summed E-state index contributed by atoms with van der Waals surface area (Å²) in [5.74, 6) is 0.318. The van der Waals surface area contributed by atoms with E-state index in [1.165, 1.54) is 5.56 Å². The molecular formula is C13H17NO. The summed E-state index contributed by atoms with van der Waals surface area (Å²) in [6.07, 6.45) is 2.25. The molecule has 0 heterocycles. The minimum Gasteiger partial charge on any atom is -0.327 e. The van der Waals surface area contributed by atoms with Gasteiger partial charge >= 0.3 is 0 Å². The average Bonchev–Trinajstić information content (AvgIpc) is 2.48. The normalized spacial score (nSPS) is 30.8. The van der Waals surface area contributed by atoms with E-state index in [0.29, 0.717) is 12.2 Å². The van der Waals surface area contributed by atoms with Gasteiger partial charge in [0.05, 0.1) is 0 Å². The molecule has 0 aromatic heterocycles. The summed E-state index contributed by atoms with van der Waals surface area (Å²) in [6, 6.07) is 10.1. The highest BCUT2D eigenvalue weighted by Gasteiger charge is 2.43. The van der Waals surface area contributed by atoms with Gasteiger partial charge in [-0.2, -0.15) is 0 Å². The Morgan fingerprint density at radius 3 is 2.60 bits per heavy atom. The maximum absolute atomic E-state index is 11.8. The topological polar surface area (TPSA) is 43.1 Å². The molecule has 0 aliphatic heterocycles. The van der Waals surface area contributed by atoms with Gasteiger partial charge in [0.1, 0.15) is 5.78 Å². The number of ketones is 1. The van der Waals surface area contributed by atoms with Crippen molar-refractivity contribution in [3.05, 3.63) is 35.9 Å². The van der Waals surface area contributed by atoms with Crippen molar-refractivity contribution in [1.82, 2.24) is 0 Å². The molecule has 2 nitrogen and oxygen atoms in total. The molecule has 2 heteroatoms. The van der Waals surface area contributed by atoms with Crippen LogP contribution in [0.4, 0.5) is 0 Å². The summed E-state index contributed by atoms with van der Waals surface area (Å²) < 4.78 is 0. The van der Waals surface area contributed by atoms with E-state index < -0.39 is 0 Å². The molecule has 2 rings (SSSR count). The Bertz CT molecular complexity index is 360. The third-order valence-electron chi connectivity index (χ3n) is 3.55. The van der Waals surface area contributed by atoms with Gasteiger partial charge in [-0.25, -0.2) is 0 Å². The second-order valence-electron chi connectivity index (χ2n) is 4.65. The van der Waals surface area contributed by atoms with E-state index in [1.54, 1.807) is 0 Å². The van der Waals surface area contributed by atoms with Crippen LogP contribution in [-0.2, 0) is 11.2 Å². The SMILES string of the molecule is C[C@]1(Cc2ccccc2)C(=O)CC[C@H]1N. The van der Waals surface area contributed by atoms with Crippen LogP contribution in [0.5, 0.6) is 0 Å². The van der Waals surface area contributed by atoms with Crippen molar-refractivity contribution in [2.75, 3.05) is 0 Å². The quantitative estimate of drug-likeness (QED) is 0.798. The second-order valence-corrected chi connectivity index (χ2v) is 4.65. The largest absolute Gasteiger partial charge is 0.327 e. The Kier molecular flexibility index (Phi) is 2.61. The summed E-state index contributed by atoms with van der Waals surface area (Å²) in [7, 11) is 0. The number of benzene rings is 1. The minimum atomic E-state index is -0.346. The van der Waals surface area contributed by atoms with Crippen LogP contribution in [0.2, 0.25) is 0 Å². The van der Waals surface area contributed by atoms with Crippen LogP contribution in [-0.4, -0.2) is 11.8 Å². The first-order chi connectivity index (χ1) is 7.13. The number of nitrogens with two attached hydrogens (primary N) is 1. The van der Waals surface area contributed by atoms with Crippen molar-refractivity contribution in [2.24, 2.45) is 11.1 Å². The van der Waals surface area contributed by atoms with Gasteiger partial charge in [0, 0.05) is 17.9 Å². The fourth-order valence-electron chi connectivity index (χ4n) is 2.35. The van der Waals surface area contributed by atoms with Crippen LogP contribution >= 0.6 is 0 Å². The number of carbonyl (C=O) groups is 1. The predicted octanol–water partition coefficient (Wildman–Crippen LogP) is 1.93. The summed E-state index contributed by atoms with van der Waals surface area (Å²) in [6.45, 7) is 2.00. The van der Waals surface area contributed by atoms with Gasteiger partial charge in [0.25, 0.3) is 0 Å². The molecule has 1 aromatic carbocycles. The van der Waals surface area contributed by atoms with Crippen molar-refractivity contribution < 1.29 is 4.79 Å². The summed E-state index contributed by atoms with van der Waals surface area (Å²) in [5, 5.41) is 0. The van der Waals surface area contributed by atoms with Gasteiger partial charge in [0.15, 0.2) is 0 Å². The zero-order chi connectivity index (χ0) is 10.9. The molecule has 80 valence electrons. The van der Waals surface area contributed by atoms with Gasteiger partial charge in [0.2, 0.25) is 0 Å². The molecule has 0 bridgehead atoms. The molecule has 1 fully saturated rings. The predicted molar refractivity (Wildman–Crippen MR) is 60.5 cm³/mol. The fourth-order valence-corrected chi connectivity index (χ4v) is 2.35. The Labute approximate surface area is 90.5 Å². The first kappa shape index (κ1) is 10.4. The number of rotatable bonds is 2. The van der Waals surface area contributed by atoms with E-state index in [1.807, 2.05) is 25.1 Å². The summed E-state index contributed by atoms with van der Waals surface area (Å²) >= 11 is 0. The maximum atomic E-state index is 11.8. The molecule has 0 amide bonds. The molecule has 1 aliphatic rings. The molecular weight excluding hydrogens is 186 g/mol. The first-order valence-corrected chi connectivity index (χ1v) is 5.46. The molecule has 0 spiro atoms. The third-order valence-corrected chi connectivity index (χ3v) is 3.55. The van der Waals surface area contributed by atoms with Crippen molar-refractivity contribution >= 4 is 5.78 Å². The highest BCUT2D eigenvalue weighted by atomic mass is 16.1. The minimum absolute atomic E-state index is 0.0187. The number of Topliss-reactive ketones (excluding diaryl/α,β-unsaturated/α-hetero) is 1. The van der Waals surface area contributed by atoms with Crippen LogP contribution in [0.25, 0.3) is 0 Å². The van der Waals surface area contributed by atoms with Crippen LogP contribution < -0.4 is 5.73 Å².